The number of aliphatic carboxylic acids is 1. The summed E-state index contributed by atoms with van der Waals surface area (Å²) in [6.45, 7) is 1.26. The largest absolute Gasteiger partial charge is 0.481 e. The van der Waals surface area contributed by atoms with E-state index in [1.165, 1.54) is 13.3 Å². The normalized spacial score (nSPS) is 15.1. The molecule has 7 nitrogen and oxygen atoms in total. The molecule has 1 N–H and O–H groups in total. The smallest absolute Gasteiger partial charge is 0.376 e. The fourth-order valence-electron chi connectivity index (χ4n) is 1.85. The number of rotatable bonds is 4. The second kappa shape index (κ2) is 4.99. The maximum absolute atomic E-state index is 11.3. The summed E-state index contributed by atoms with van der Waals surface area (Å²) in [5, 5.41) is 8.65. The van der Waals surface area contributed by atoms with Crippen molar-refractivity contribution in [1.82, 2.24) is 9.97 Å². The molecule has 1 aliphatic heterocycles. The summed E-state index contributed by atoms with van der Waals surface area (Å²) < 4.78 is 4.54. The molecule has 0 amide bonds. The van der Waals surface area contributed by atoms with Crippen molar-refractivity contribution in [3.05, 3.63) is 18.1 Å². The zero-order valence-corrected chi connectivity index (χ0v) is 9.87. The van der Waals surface area contributed by atoms with Crippen LogP contribution in [0.1, 0.15) is 17.0 Å². The highest BCUT2D eigenvalue weighted by molar-refractivity contribution is 5.85. The van der Waals surface area contributed by atoms with Crippen molar-refractivity contribution < 1.29 is 19.4 Å². The molecule has 0 radical (unpaired) electrons. The van der Waals surface area contributed by atoms with E-state index in [0.29, 0.717) is 18.9 Å². The van der Waals surface area contributed by atoms with Crippen LogP contribution in [0.2, 0.25) is 0 Å². The summed E-state index contributed by atoms with van der Waals surface area (Å²) in [4.78, 5) is 31.6. The van der Waals surface area contributed by atoms with E-state index in [1.807, 2.05) is 4.90 Å². The highest BCUT2D eigenvalue weighted by atomic mass is 16.5. The summed E-state index contributed by atoms with van der Waals surface area (Å²) in [6.07, 6.45) is 1.64. The summed E-state index contributed by atoms with van der Waals surface area (Å²) in [7, 11) is 1.27. The second-order valence-corrected chi connectivity index (χ2v) is 4.10. The molecule has 18 heavy (non-hydrogen) atoms. The Labute approximate surface area is 103 Å². The lowest BCUT2D eigenvalue weighted by Gasteiger charge is -2.39. The highest BCUT2D eigenvalue weighted by Gasteiger charge is 2.29. The number of hydrogen-bond donors (Lipinski definition) is 1. The Bertz CT molecular complexity index is 471. The number of carbonyl (C=O) groups is 2. The van der Waals surface area contributed by atoms with Crippen LogP contribution in [0.3, 0.4) is 0 Å². The second-order valence-electron chi connectivity index (χ2n) is 4.10. The van der Waals surface area contributed by atoms with Crippen LogP contribution < -0.4 is 4.90 Å². The van der Waals surface area contributed by atoms with Gasteiger partial charge in [-0.15, -0.1) is 0 Å². The van der Waals surface area contributed by atoms with E-state index in [9.17, 15) is 9.59 Å². The number of esters is 1. The first kappa shape index (κ1) is 12.3. The molecule has 0 bridgehead atoms. The average molecular weight is 251 g/mol. The summed E-state index contributed by atoms with van der Waals surface area (Å²) in [5.41, 5.74) is 0. The molecule has 1 aromatic heterocycles. The number of hydrogen-bond acceptors (Lipinski definition) is 6. The van der Waals surface area contributed by atoms with Gasteiger partial charge in [0, 0.05) is 25.2 Å². The minimum Gasteiger partial charge on any atom is -0.481 e. The van der Waals surface area contributed by atoms with Crippen molar-refractivity contribution >= 4 is 17.8 Å². The van der Waals surface area contributed by atoms with Gasteiger partial charge in [-0.2, -0.15) is 0 Å². The van der Waals surface area contributed by atoms with Crippen molar-refractivity contribution in [1.29, 1.82) is 0 Å². The first-order valence-corrected chi connectivity index (χ1v) is 5.48. The fraction of sp³-hybridized carbons (Fsp3) is 0.455. The van der Waals surface area contributed by atoms with E-state index in [2.05, 4.69) is 14.7 Å². The van der Waals surface area contributed by atoms with Gasteiger partial charge in [0.05, 0.1) is 13.5 Å². The molecule has 7 heteroatoms. The standard InChI is InChI=1S/C11H13N3O4/c1-18-11(17)10-12-3-2-8(13-10)14-5-7(6-14)4-9(15)16/h2-3,7H,4-6H2,1H3,(H,15,16). The zero-order valence-electron chi connectivity index (χ0n) is 9.87. The number of carboxylic acids is 1. The molecule has 0 saturated carbocycles. The summed E-state index contributed by atoms with van der Waals surface area (Å²) in [6, 6.07) is 1.68. The van der Waals surface area contributed by atoms with Gasteiger partial charge in [0.1, 0.15) is 5.82 Å². The molecule has 2 heterocycles. The van der Waals surface area contributed by atoms with Gasteiger partial charge in [-0.05, 0) is 6.07 Å². The number of methoxy groups -OCH3 is 1. The van der Waals surface area contributed by atoms with E-state index in [1.54, 1.807) is 6.07 Å². The van der Waals surface area contributed by atoms with Crippen molar-refractivity contribution in [2.24, 2.45) is 5.92 Å². The van der Waals surface area contributed by atoms with Gasteiger partial charge in [0.2, 0.25) is 5.82 Å². The van der Waals surface area contributed by atoms with Gasteiger partial charge in [-0.25, -0.2) is 14.8 Å². The van der Waals surface area contributed by atoms with Crippen molar-refractivity contribution in [3.63, 3.8) is 0 Å². The molecule has 96 valence electrons. The Balaban J connectivity index is 1.99. The maximum atomic E-state index is 11.3. The van der Waals surface area contributed by atoms with Crippen molar-refractivity contribution in [2.45, 2.75) is 6.42 Å². The molecule has 1 aliphatic rings. The molecule has 0 unspecified atom stereocenters. The Morgan fingerprint density at radius 2 is 2.28 bits per heavy atom. The lowest BCUT2D eigenvalue weighted by Crippen LogP contribution is -2.48. The number of anilines is 1. The quantitative estimate of drug-likeness (QED) is 0.762. The number of carboxylic acid groups (broad SMARTS) is 1. The molecule has 0 atom stereocenters. The number of ether oxygens (including phenoxy) is 1. The summed E-state index contributed by atoms with van der Waals surface area (Å²) in [5.74, 6) is -0.611. The Morgan fingerprint density at radius 1 is 1.56 bits per heavy atom. The highest BCUT2D eigenvalue weighted by Crippen LogP contribution is 2.24. The van der Waals surface area contributed by atoms with Gasteiger partial charge in [-0.3, -0.25) is 4.79 Å². The monoisotopic (exact) mass is 251 g/mol. The van der Waals surface area contributed by atoms with Gasteiger partial charge >= 0.3 is 11.9 Å². The van der Waals surface area contributed by atoms with Crippen LogP contribution >= 0.6 is 0 Å². The molecule has 0 aliphatic carbocycles. The van der Waals surface area contributed by atoms with Crippen molar-refractivity contribution in [2.75, 3.05) is 25.1 Å². The third-order valence-corrected chi connectivity index (χ3v) is 2.75. The van der Waals surface area contributed by atoms with Crippen molar-refractivity contribution in [3.8, 4) is 0 Å². The Kier molecular flexibility index (Phi) is 3.40. The Morgan fingerprint density at radius 3 is 2.89 bits per heavy atom. The van der Waals surface area contributed by atoms with Crippen LogP contribution in [-0.4, -0.2) is 47.2 Å². The van der Waals surface area contributed by atoms with E-state index >= 15 is 0 Å². The van der Waals surface area contributed by atoms with Crippen LogP contribution in [0.5, 0.6) is 0 Å². The van der Waals surface area contributed by atoms with Gasteiger partial charge < -0.3 is 14.7 Å². The minimum absolute atomic E-state index is 0.0108. The fourth-order valence-corrected chi connectivity index (χ4v) is 1.85. The maximum Gasteiger partial charge on any atom is 0.376 e. The minimum atomic E-state index is -0.794. The topological polar surface area (TPSA) is 92.6 Å². The van der Waals surface area contributed by atoms with Crippen LogP contribution in [0.4, 0.5) is 5.82 Å². The van der Waals surface area contributed by atoms with E-state index in [0.717, 1.165) is 0 Å². The first-order valence-electron chi connectivity index (χ1n) is 5.48. The van der Waals surface area contributed by atoms with Gasteiger partial charge in [0.25, 0.3) is 0 Å². The lowest BCUT2D eigenvalue weighted by atomic mass is 9.96. The van der Waals surface area contributed by atoms with E-state index < -0.39 is 11.9 Å². The first-order chi connectivity index (χ1) is 8.60. The molecular formula is C11H13N3O4. The number of carbonyl (C=O) groups excluding carboxylic acids is 1. The van der Waals surface area contributed by atoms with Gasteiger partial charge in [-0.1, -0.05) is 0 Å². The van der Waals surface area contributed by atoms with Crippen LogP contribution in [0.25, 0.3) is 0 Å². The molecule has 1 aromatic rings. The molecule has 1 fully saturated rings. The summed E-state index contributed by atoms with van der Waals surface area (Å²) >= 11 is 0. The third kappa shape index (κ3) is 2.55. The Hall–Kier alpha value is -2.18. The molecular weight excluding hydrogens is 238 g/mol. The van der Waals surface area contributed by atoms with E-state index in [4.69, 9.17) is 5.11 Å². The SMILES string of the molecule is COC(=O)c1nccc(N2CC(CC(=O)O)C2)n1. The molecule has 0 spiro atoms. The number of aromatic nitrogens is 2. The predicted octanol–water partition coefficient (Wildman–Crippen LogP) is 0.174. The predicted molar refractivity (Wildman–Crippen MR) is 61.3 cm³/mol. The third-order valence-electron chi connectivity index (χ3n) is 2.75. The van der Waals surface area contributed by atoms with E-state index in [-0.39, 0.29) is 18.2 Å². The van der Waals surface area contributed by atoms with Gasteiger partial charge in [0.15, 0.2) is 0 Å². The lowest BCUT2D eigenvalue weighted by molar-refractivity contribution is -0.138. The number of nitrogens with zero attached hydrogens (tertiary/aromatic N) is 3. The average Bonchev–Trinajstić information content (AvgIpc) is 2.32. The van der Waals surface area contributed by atoms with Crippen LogP contribution in [0, 0.1) is 5.92 Å². The van der Waals surface area contributed by atoms with Crippen LogP contribution in [-0.2, 0) is 9.53 Å². The molecule has 1 saturated heterocycles. The molecule has 2 rings (SSSR count). The zero-order chi connectivity index (χ0) is 13.1. The molecule has 0 aromatic carbocycles. The van der Waals surface area contributed by atoms with Crippen LogP contribution in [0.15, 0.2) is 12.3 Å².